The lowest BCUT2D eigenvalue weighted by molar-refractivity contribution is -0.177. The minimum atomic E-state index is -0.392. The van der Waals surface area contributed by atoms with Gasteiger partial charge in [-0.15, -0.1) is 5.06 Å². The minimum absolute atomic E-state index is 0.392. The number of hydroxylamine groups is 2. The van der Waals surface area contributed by atoms with E-state index < -0.39 is 5.97 Å². The summed E-state index contributed by atoms with van der Waals surface area (Å²) in [5, 5.41) is 1.72. The molecule has 3 nitrogen and oxygen atoms in total. The van der Waals surface area contributed by atoms with E-state index in [4.69, 9.17) is 4.84 Å². The second kappa shape index (κ2) is 16.5. The van der Waals surface area contributed by atoms with Crippen LogP contribution < -0.4 is 0 Å². The van der Waals surface area contributed by atoms with E-state index in [9.17, 15) is 4.79 Å². The summed E-state index contributed by atoms with van der Waals surface area (Å²) in [6.07, 6.45) is 20.7. The van der Waals surface area contributed by atoms with Gasteiger partial charge in [-0.2, -0.15) is 0 Å². The molecule has 1 saturated heterocycles. The first-order valence-electron chi connectivity index (χ1n) is 10.8. The van der Waals surface area contributed by atoms with Gasteiger partial charge in [0.2, 0.25) is 0 Å². The molecule has 0 spiro atoms. The molecule has 0 saturated carbocycles. The standard InChI is InChI=1S/C22H39NO2/c1-2-3-4-5-6-7-8-9-10-11-12-13-14-15-16-19-22(24)25-23-20-17-18-21-23/h2-15,17-18,20-21H2,1H3. The maximum atomic E-state index is 11.5. The Balaban J connectivity index is 1.78. The van der Waals surface area contributed by atoms with Crippen LogP contribution in [0.2, 0.25) is 0 Å². The molecular formula is C22H39NO2. The van der Waals surface area contributed by atoms with Gasteiger partial charge in [0.1, 0.15) is 0 Å². The molecule has 0 aromatic heterocycles. The summed E-state index contributed by atoms with van der Waals surface area (Å²) in [6.45, 7) is 3.98. The van der Waals surface area contributed by atoms with Crippen LogP contribution in [0.5, 0.6) is 0 Å². The molecule has 25 heavy (non-hydrogen) atoms. The minimum Gasteiger partial charge on any atom is -0.358 e. The largest absolute Gasteiger partial charge is 0.403 e. The van der Waals surface area contributed by atoms with Crippen molar-refractivity contribution < 1.29 is 9.63 Å². The molecule has 0 N–H and O–H groups in total. The smallest absolute Gasteiger partial charge is 0.358 e. The number of hydrogen-bond donors (Lipinski definition) is 0. The van der Waals surface area contributed by atoms with E-state index >= 15 is 0 Å². The Kier molecular flexibility index (Phi) is 14.5. The van der Waals surface area contributed by atoms with Crippen molar-refractivity contribution in [3.63, 3.8) is 0 Å². The Morgan fingerprint density at radius 2 is 1.28 bits per heavy atom. The first-order chi connectivity index (χ1) is 12.3. The molecule has 0 bridgehead atoms. The predicted molar refractivity (Wildman–Crippen MR) is 105 cm³/mol. The fourth-order valence-corrected chi connectivity index (χ4v) is 3.29. The Morgan fingerprint density at radius 1 is 0.800 bits per heavy atom. The van der Waals surface area contributed by atoms with Crippen molar-refractivity contribution in [1.29, 1.82) is 0 Å². The molecule has 1 heterocycles. The van der Waals surface area contributed by atoms with Crippen molar-refractivity contribution in [2.24, 2.45) is 0 Å². The zero-order chi connectivity index (χ0) is 18.0. The summed E-state index contributed by atoms with van der Waals surface area (Å²) < 4.78 is 0. The van der Waals surface area contributed by atoms with Crippen molar-refractivity contribution in [2.75, 3.05) is 13.1 Å². The third-order valence-corrected chi connectivity index (χ3v) is 4.87. The Labute approximate surface area is 155 Å². The Morgan fingerprint density at radius 3 is 1.80 bits per heavy atom. The van der Waals surface area contributed by atoms with Gasteiger partial charge < -0.3 is 4.84 Å². The van der Waals surface area contributed by atoms with Gasteiger partial charge in [0.25, 0.3) is 0 Å². The highest BCUT2D eigenvalue weighted by Gasteiger charge is 2.14. The molecule has 3 heteroatoms. The van der Waals surface area contributed by atoms with E-state index in [0.29, 0.717) is 0 Å². The fourth-order valence-electron chi connectivity index (χ4n) is 3.29. The van der Waals surface area contributed by atoms with Crippen molar-refractivity contribution >= 4 is 5.97 Å². The lowest BCUT2D eigenvalue weighted by atomic mass is 10.0. The van der Waals surface area contributed by atoms with Crippen LogP contribution in [0.4, 0.5) is 0 Å². The molecule has 0 aliphatic carbocycles. The monoisotopic (exact) mass is 349 g/mol. The summed E-state index contributed by atoms with van der Waals surface area (Å²) in [5.41, 5.74) is 0. The molecular weight excluding hydrogens is 310 g/mol. The molecule has 1 aliphatic rings. The maximum Gasteiger partial charge on any atom is 0.403 e. The van der Waals surface area contributed by atoms with Crippen LogP contribution in [0.1, 0.15) is 110 Å². The molecule has 1 fully saturated rings. The lowest BCUT2D eigenvalue weighted by Gasteiger charge is -2.10. The summed E-state index contributed by atoms with van der Waals surface area (Å²) in [7, 11) is 0. The van der Waals surface area contributed by atoms with E-state index in [1.165, 1.54) is 77.0 Å². The number of carbonyl (C=O) groups excluding carboxylic acids is 1. The van der Waals surface area contributed by atoms with Gasteiger partial charge in [-0.25, -0.2) is 4.79 Å². The summed E-state index contributed by atoms with van der Waals surface area (Å²) >= 11 is 0. The number of carbonyl (C=O) groups is 1. The van der Waals surface area contributed by atoms with Gasteiger partial charge >= 0.3 is 5.97 Å². The molecule has 0 radical (unpaired) electrons. The molecule has 144 valence electrons. The maximum absolute atomic E-state index is 11.5. The van der Waals surface area contributed by atoms with Crippen molar-refractivity contribution in [3.05, 3.63) is 0 Å². The normalized spacial score (nSPS) is 14.3. The van der Waals surface area contributed by atoms with Gasteiger partial charge in [0, 0.05) is 25.4 Å². The highest BCUT2D eigenvalue weighted by Crippen LogP contribution is 2.12. The Hall–Kier alpha value is -1.01. The second-order valence-corrected chi connectivity index (χ2v) is 7.31. The molecule has 0 aromatic carbocycles. The zero-order valence-electron chi connectivity index (χ0n) is 16.5. The summed E-state index contributed by atoms with van der Waals surface area (Å²) in [5.74, 6) is 5.16. The average Bonchev–Trinajstić information content (AvgIpc) is 3.11. The third kappa shape index (κ3) is 13.9. The van der Waals surface area contributed by atoms with Crippen molar-refractivity contribution in [3.8, 4) is 11.8 Å². The highest BCUT2D eigenvalue weighted by molar-refractivity contribution is 5.88. The number of rotatable bonds is 14. The molecule has 1 rings (SSSR count). The van der Waals surface area contributed by atoms with E-state index in [1.54, 1.807) is 5.06 Å². The number of nitrogens with zero attached hydrogens (tertiary/aromatic N) is 1. The predicted octanol–water partition coefficient (Wildman–Crippen LogP) is 6.03. The van der Waals surface area contributed by atoms with Gasteiger partial charge in [-0.1, -0.05) is 89.9 Å². The molecule has 0 unspecified atom stereocenters. The van der Waals surface area contributed by atoms with Crippen LogP contribution in [0.15, 0.2) is 0 Å². The van der Waals surface area contributed by atoms with Crippen LogP contribution in [0.3, 0.4) is 0 Å². The molecule has 0 atom stereocenters. The average molecular weight is 350 g/mol. The van der Waals surface area contributed by atoms with Crippen molar-refractivity contribution in [2.45, 2.75) is 110 Å². The lowest BCUT2D eigenvalue weighted by Crippen LogP contribution is -2.23. The van der Waals surface area contributed by atoms with Crippen LogP contribution in [0.25, 0.3) is 0 Å². The quantitative estimate of drug-likeness (QED) is 0.283. The van der Waals surface area contributed by atoms with Gasteiger partial charge in [0.15, 0.2) is 0 Å². The SMILES string of the molecule is CCCCCCCCCCCCCCCC#CC(=O)ON1CCCC1. The van der Waals surface area contributed by atoms with Crippen LogP contribution in [0, 0.1) is 11.8 Å². The zero-order valence-corrected chi connectivity index (χ0v) is 16.5. The van der Waals surface area contributed by atoms with Crippen LogP contribution in [-0.2, 0) is 9.63 Å². The fraction of sp³-hybridized carbons (Fsp3) is 0.864. The van der Waals surface area contributed by atoms with Gasteiger partial charge in [0.05, 0.1) is 0 Å². The van der Waals surface area contributed by atoms with Crippen molar-refractivity contribution in [1.82, 2.24) is 5.06 Å². The van der Waals surface area contributed by atoms with Crippen LogP contribution >= 0.6 is 0 Å². The summed E-state index contributed by atoms with van der Waals surface area (Å²) in [4.78, 5) is 16.6. The third-order valence-electron chi connectivity index (χ3n) is 4.87. The molecule has 1 aliphatic heterocycles. The van der Waals surface area contributed by atoms with E-state index in [1.807, 2.05) is 0 Å². The molecule has 0 aromatic rings. The van der Waals surface area contributed by atoms with Gasteiger partial charge in [-0.05, 0) is 19.3 Å². The van der Waals surface area contributed by atoms with E-state index in [2.05, 4.69) is 18.8 Å². The highest BCUT2D eigenvalue weighted by atomic mass is 16.7. The second-order valence-electron chi connectivity index (χ2n) is 7.31. The summed E-state index contributed by atoms with van der Waals surface area (Å²) in [6, 6.07) is 0. The van der Waals surface area contributed by atoms with Crippen LogP contribution in [-0.4, -0.2) is 24.1 Å². The number of unbranched alkanes of at least 4 members (excludes halogenated alkanes) is 13. The first-order valence-corrected chi connectivity index (χ1v) is 10.8. The number of hydrogen-bond acceptors (Lipinski definition) is 3. The topological polar surface area (TPSA) is 29.5 Å². The van der Waals surface area contributed by atoms with E-state index in [-0.39, 0.29) is 0 Å². The Bertz CT molecular complexity index is 377. The van der Waals surface area contributed by atoms with Gasteiger partial charge in [-0.3, -0.25) is 0 Å². The molecule has 0 amide bonds. The first kappa shape index (κ1) is 22.0. The van der Waals surface area contributed by atoms with E-state index in [0.717, 1.165) is 38.8 Å².